The topological polar surface area (TPSA) is 64.3 Å². The fraction of sp³-hybridized carbons (Fsp3) is 0.818. The van der Waals surface area contributed by atoms with Crippen LogP contribution in [0.4, 0.5) is 0 Å². The summed E-state index contributed by atoms with van der Waals surface area (Å²) in [6, 6.07) is 2.04. The average Bonchev–Trinajstić information content (AvgIpc) is 2.19. The summed E-state index contributed by atoms with van der Waals surface area (Å²) in [5.74, 6) is -0.655. The Labute approximate surface area is 91.5 Å². The molecule has 86 valence electrons. The maximum absolute atomic E-state index is 11.9. The first-order valence-electron chi connectivity index (χ1n) is 5.37. The Morgan fingerprint density at radius 1 is 1.53 bits per heavy atom. The van der Waals surface area contributed by atoms with Gasteiger partial charge in [0.05, 0.1) is 6.07 Å². The van der Waals surface area contributed by atoms with Gasteiger partial charge in [-0.25, -0.2) is 0 Å². The first-order valence-corrected chi connectivity index (χ1v) is 5.37. The Morgan fingerprint density at radius 2 is 2.13 bits per heavy atom. The molecular weight excluding hydrogens is 192 g/mol. The van der Waals surface area contributed by atoms with Crippen LogP contribution in [-0.2, 0) is 4.79 Å². The molecule has 0 fully saturated rings. The van der Waals surface area contributed by atoms with Crippen molar-refractivity contribution in [1.29, 1.82) is 5.26 Å². The van der Waals surface area contributed by atoms with E-state index in [0.29, 0.717) is 19.5 Å². The van der Waals surface area contributed by atoms with Crippen LogP contribution >= 0.6 is 0 Å². The summed E-state index contributed by atoms with van der Waals surface area (Å²) in [5, 5.41) is 17.6. The van der Waals surface area contributed by atoms with Crippen molar-refractivity contribution in [2.75, 3.05) is 19.7 Å². The van der Waals surface area contributed by atoms with E-state index in [1.807, 2.05) is 26.8 Å². The van der Waals surface area contributed by atoms with Crippen molar-refractivity contribution < 1.29 is 9.90 Å². The largest absolute Gasteiger partial charge is 0.396 e. The van der Waals surface area contributed by atoms with Gasteiger partial charge in [0.2, 0.25) is 5.91 Å². The molecule has 1 amide bonds. The minimum Gasteiger partial charge on any atom is -0.396 e. The van der Waals surface area contributed by atoms with Crippen LogP contribution in [-0.4, -0.2) is 35.6 Å². The quantitative estimate of drug-likeness (QED) is 0.714. The first-order chi connectivity index (χ1) is 7.08. The minimum atomic E-state index is -0.566. The van der Waals surface area contributed by atoms with E-state index in [-0.39, 0.29) is 18.4 Å². The summed E-state index contributed by atoms with van der Waals surface area (Å²) in [4.78, 5) is 13.5. The smallest absolute Gasteiger partial charge is 0.240 e. The van der Waals surface area contributed by atoms with Gasteiger partial charge < -0.3 is 10.0 Å². The number of hydrogen-bond acceptors (Lipinski definition) is 3. The molecule has 0 heterocycles. The third-order valence-electron chi connectivity index (χ3n) is 2.35. The molecular formula is C11H20N2O2. The van der Waals surface area contributed by atoms with Gasteiger partial charge in [-0.15, -0.1) is 0 Å². The highest BCUT2D eigenvalue weighted by Crippen LogP contribution is 2.13. The van der Waals surface area contributed by atoms with Crippen molar-refractivity contribution in [3.8, 4) is 6.07 Å². The number of aliphatic hydroxyl groups is 1. The molecule has 0 aromatic rings. The molecule has 0 aliphatic rings. The summed E-state index contributed by atoms with van der Waals surface area (Å²) in [5.41, 5.74) is 0. The highest BCUT2D eigenvalue weighted by atomic mass is 16.3. The van der Waals surface area contributed by atoms with Crippen molar-refractivity contribution >= 4 is 5.91 Å². The second-order valence-electron chi connectivity index (χ2n) is 3.85. The standard InChI is InChI=1S/C11H20N2O2/c1-4-13(6-5-7-14)11(15)10(8-12)9(2)3/h9-10,14H,4-7H2,1-3H3. The lowest BCUT2D eigenvalue weighted by Gasteiger charge is -2.24. The number of amides is 1. The Morgan fingerprint density at radius 3 is 2.47 bits per heavy atom. The summed E-state index contributed by atoms with van der Waals surface area (Å²) >= 11 is 0. The van der Waals surface area contributed by atoms with Gasteiger partial charge in [0.25, 0.3) is 0 Å². The third kappa shape index (κ3) is 4.30. The lowest BCUT2D eigenvalue weighted by molar-refractivity contribution is -0.134. The van der Waals surface area contributed by atoms with Gasteiger partial charge in [-0.05, 0) is 19.3 Å². The number of nitriles is 1. The van der Waals surface area contributed by atoms with Crippen LogP contribution in [0.2, 0.25) is 0 Å². The van der Waals surface area contributed by atoms with Gasteiger partial charge in [-0.2, -0.15) is 5.26 Å². The molecule has 4 nitrogen and oxygen atoms in total. The first kappa shape index (κ1) is 13.9. The van der Waals surface area contributed by atoms with E-state index in [1.165, 1.54) is 0 Å². The molecule has 4 heteroatoms. The number of rotatable bonds is 6. The van der Waals surface area contributed by atoms with E-state index in [4.69, 9.17) is 10.4 Å². The van der Waals surface area contributed by atoms with Gasteiger partial charge in [0, 0.05) is 19.7 Å². The average molecular weight is 212 g/mol. The van der Waals surface area contributed by atoms with Gasteiger partial charge in [0.15, 0.2) is 0 Å². The van der Waals surface area contributed by atoms with Crippen LogP contribution in [0, 0.1) is 23.2 Å². The molecule has 0 saturated heterocycles. The molecule has 0 bridgehead atoms. The van der Waals surface area contributed by atoms with Crippen molar-refractivity contribution in [3.05, 3.63) is 0 Å². The second kappa shape index (κ2) is 7.24. The minimum absolute atomic E-state index is 0.0330. The fourth-order valence-electron chi connectivity index (χ4n) is 1.37. The molecule has 0 radical (unpaired) electrons. The Balaban J connectivity index is 4.42. The van der Waals surface area contributed by atoms with Crippen molar-refractivity contribution in [2.45, 2.75) is 27.2 Å². The third-order valence-corrected chi connectivity index (χ3v) is 2.35. The van der Waals surface area contributed by atoms with Crippen molar-refractivity contribution in [2.24, 2.45) is 11.8 Å². The van der Waals surface area contributed by atoms with Crippen LogP contribution in [0.3, 0.4) is 0 Å². The zero-order valence-corrected chi connectivity index (χ0v) is 9.73. The summed E-state index contributed by atoms with van der Waals surface area (Å²) in [6.07, 6.45) is 0.565. The van der Waals surface area contributed by atoms with E-state index < -0.39 is 5.92 Å². The van der Waals surface area contributed by atoms with E-state index in [0.717, 1.165) is 0 Å². The molecule has 0 saturated carbocycles. The number of aliphatic hydroxyl groups excluding tert-OH is 1. The van der Waals surface area contributed by atoms with Crippen LogP contribution in [0.5, 0.6) is 0 Å². The van der Waals surface area contributed by atoms with Gasteiger partial charge in [-0.1, -0.05) is 13.8 Å². The zero-order chi connectivity index (χ0) is 11.8. The van der Waals surface area contributed by atoms with Crippen LogP contribution in [0.1, 0.15) is 27.2 Å². The van der Waals surface area contributed by atoms with E-state index in [9.17, 15) is 4.79 Å². The van der Waals surface area contributed by atoms with Crippen molar-refractivity contribution in [1.82, 2.24) is 4.90 Å². The predicted molar refractivity (Wildman–Crippen MR) is 57.9 cm³/mol. The summed E-state index contributed by atoms with van der Waals surface area (Å²) in [7, 11) is 0. The van der Waals surface area contributed by atoms with Gasteiger partial charge >= 0.3 is 0 Å². The molecule has 0 aliphatic carbocycles. The maximum atomic E-state index is 11.9. The number of hydrogen-bond donors (Lipinski definition) is 1. The Kier molecular flexibility index (Phi) is 6.72. The monoisotopic (exact) mass is 212 g/mol. The SMILES string of the molecule is CCN(CCCO)C(=O)C(C#N)C(C)C. The van der Waals surface area contributed by atoms with Gasteiger partial charge in [0.1, 0.15) is 5.92 Å². The number of nitrogens with zero attached hydrogens (tertiary/aromatic N) is 2. The normalized spacial score (nSPS) is 12.3. The second-order valence-corrected chi connectivity index (χ2v) is 3.85. The highest BCUT2D eigenvalue weighted by molar-refractivity contribution is 5.81. The van der Waals surface area contributed by atoms with E-state index in [1.54, 1.807) is 4.90 Å². The Hall–Kier alpha value is -1.08. The lowest BCUT2D eigenvalue weighted by Crippen LogP contribution is -2.38. The van der Waals surface area contributed by atoms with Gasteiger partial charge in [-0.3, -0.25) is 4.79 Å². The molecule has 0 aromatic heterocycles. The number of carbonyl (C=O) groups excluding carboxylic acids is 1. The molecule has 15 heavy (non-hydrogen) atoms. The Bertz CT molecular complexity index is 233. The van der Waals surface area contributed by atoms with E-state index in [2.05, 4.69) is 0 Å². The maximum Gasteiger partial charge on any atom is 0.240 e. The highest BCUT2D eigenvalue weighted by Gasteiger charge is 2.25. The van der Waals surface area contributed by atoms with Crippen molar-refractivity contribution in [3.63, 3.8) is 0 Å². The zero-order valence-electron chi connectivity index (χ0n) is 9.73. The lowest BCUT2D eigenvalue weighted by atomic mass is 9.96. The predicted octanol–water partition coefficient (Wildman–Crippen LogP) is 1.01. The fourth-order valence-corrected chi connectivity index (χ4v) is 1.37. The van der Waals surface area contributed by atoms with Crippen LogP contribution < -0.4 is 0 Å². The number of carbonyl (C=O) groups is 1. The van der Waals surface area contributed by atoms with Crippen LogP contribution in [0.15, 0.2) is 0 Å². The molecule has 1 atom stereocenters. The van der Waals surface area contributed by atoms with Crippen LogP contribution in [0.25, 0.3) is 0 Å². The summed E-state index contributed by atoms with van der Waals surface area (Å²) < 4.78 is 0. The summed E-state index contributed by atoms with van der Waals surface area (Å²) in [6.45, 7) is 6.80. The molecule has 0 aromatic carbocycles. The molecule has 0 rings (SSSR count). The molecule has 1 N–H and O–H groups in total. The molecule has 0 spiro atoms. The molecule has 0 aliphatic heterocycles. The van der Waals surface area contributed by atoms with E-state index >= 15 is 0 Å². The molecule has 1 unspecified atom stereocenters.